The number of alkyl halides is 2. The van der Waals surface area contributed by atoms with Gasteiger partial charge in [-0.25, -0.2) is 0 Å². The first kappa shape index (κ1) is 18.7. The average Bonchev–Trinajstić information content (AvgIpc) is 2.57. The fraction of sp³-hybridized carbons (Fsp3) is 0.947. The van der Waals surface area contributed by atoms with Gasteiger partial charge >= 0.3 is 5.92 Å². The highest BCUT2D eigenvalue weighted by Gasteiger charge is 2.67. The number of carbonyl (C=O) groups is 1. The number of ether oxygens (including phenoxy) is 2. The highest BCUT2D eigenvalue weighted by Crippen LogP contribution is 2.62. The van der Waals surface area contributed by atoms with Crippen LogP contribution in [0.2, 0.25) is 0 Å². The van der Waals surface area contributed by atoms with Gasteiger partial charge in [-0.15, -0.1) is 0 Å². The van der Waals surface area contributed by atoms with Crippen molar-refractivity contribution in [1.82, 2.24) is 0 Å². The Morgan fingerprint density at radius 2 is 1.81 bits per heavy atom. The molecule has 0 spiro atoms. The third kappa shape index (κ3) is 2.91. The third-order valence-corrected chi connectivity index (χ3v) is 7.00. The molecule has 26 heavy (non-hydrogen) atoms. The van der Waals surface area contributed by atoms with Gasteiger partial charge < -0.3 is 19.7 Å². The number of hydrogen-bond donors (Lipinski definition) is 2. The van der Waals surface area contributed by atoms with Gasteiger partial charge in [0.25, 0.3) is 0 Å². The molecule has 0 aromatic heterocycles. The summed E-state index contributed by atoms with van der Waals surface area (Å²) in [5, 5.41) is 18.9. The van der Waals surface area contributed by atoms with Crippen molar-refractivity contribution in [3.05, 3.63) is 0 Å². The lowest BCUT2D eigenvalue weighted by Gasteiger charge is -2.59. The van der Waals surface area contributed by atoms with Crippen molar-refractivity contribution in [3.63, 3.8) is 0 Å². The van der Waals surface area contributed by atoms with E-state index in [1.807, 2.05) is 0 Å². The number of rotatable bonds is 5. The number of carbonyl (C=O) groups excluding carboxylic acids is 1. The predicted molar refractivity (Wildman–Crippen MR) is 87.2 cm³/mol. The molecule has 1 heterocycles. The molecule has 1 saturated heterocycles. The fourth-order valence-corrected chi connectivity index (χ4v) is 6.02. The van der Waals surface area contributed by atoms with Gasteiger partial charge in [-0.05, 0) is 76.0 Å². The van der Waals surface area contributed by atoms with Crippen molar-refractivity contribution in [2.75, 3.05) is 6.61 Å². The molecule has 5 nitrogen and oxygen atoms in total. The van der Waals surface area contributed by atoms with Crippen LogP contribution in [0.5, 0.6) is 0 Å². The van der Waals surface area contributed by atoms with E-state index in [4.69, 9.17) is 9.47 Å². The topological polar surface area (TPSA) is 76.0 Å². The largest absolute Gasteiger partial charge is 0.361 e. The molecule has 0 amide bonds. The van der Waals surface area contributed by atoms with Gasteiger partial charge in [0, 0.05) is 12.0 Å². The molecular weight excluding hydrogens is 346 g/mol. The van der Waals surface area contributed by atoms with Gasteiger partial charge in [0.1, 0.15) is 0 Å². The summed E-state index contributed by atoms with van der Waals surface area (Å²) in [7, 11) is 0. The number of Topliss-reactive ketones (excluding diaryl/α,β-unsaturated/α-hetero) is 1. The lowest BCUT2D eigenvalue weighted by molar-refractivity contribution is -0.283. The minimum atomic E-state index is -4.17. The summed E-state index contributed by atoms with van der Waals surface area (Å²) < 4.78 is 40.7. The van der Waals surface area contributed by atoms with Crippen LogP contribution in [0.15, 0.2) is 0 Å². The maximum Gasteiger partial charge on any atom is 0.357 e. The van der Waals surface area contributed by atoms with Crippen LogP contribution in [0, 0.1) is 23.2 Å². The molecular formula is C19H28F2O5. The number of aliphatic hydroxyl groups is 2. The first-order valence-corrected chi connectivity index (χ1v) is 9.77. The second kappa shape index (κ2) is 6.19. The number of ketones is 1. The van der Waals surface area contributed by atoms with Crippen LogP contribution >= 0.6 is 0 Å². The van der Waals surface area contributed by atoms with Gasteiger partial charge in [-0.2, -0.15) is 8.78 Å². The highest BCUT2D eigenvalue weighted by atomic mass is 19.3. The van der Waals surface area contributed by atoms with Crippen LogP contribution in [-0.2, 0) is 14.3 Å². The Kier molecular flexibility index (Phi) is 4.46. The van der Waals surface area contributed by atoms with E-state index in [1.165, 1.54) is 0 Å². The zero-order valence-corrected chi connectivity index (χ0v) is 15.1. The minimum Gasteiger partial charge on any atom is -0.361 e. The summed E-state index contributed by atoms with van der Waals surface area (Å²) in [5.41, 5.74) is -1.15. The van der Waals surface area contributed by atoms with Gasteiger partial charge in [0.05, 0.1) is 6.10 Å². The normalized spacial score (nSPS) is 42.9. The van der Waals surface area contributed by atoms with E-state index in [-0.39, 0.29) is 30.1 Å². The lowest BCUT2D eigenvalue weighted by Crippen LogP contribution is -2.63. The summed E-state index contributed by atoms with van der Waals surface area (Å²) in [6, 6.07) is 0. The van der Waals surface area contributed by atoms with E-state index in [2.05, 4.69) is 0 Å². The molecule has 3 atom stereocenters. The smallest absolute Gasteiger partial charge is 0.357 e. The standard InChI is InChI=1S/C19H28F2O5/c1-17(23,24)19(20,21)16(22)18-8-11-6-12(9-18)15(13(7-11)10-18)26-14-4-2-3-5-25-14/h11-15,23-24H,2-10H2,1H3. The molecule has 7 heteroatoms. The molecule has 4 saturated carbocycles. The van der Waals surface area contributed by atoms with Crippen molar-refractivity contribution in [2.45, 2.75) is 82.4 Å². The van der Waals surface area contributed by atoms with E-state index >= 15 is 0 Å². The molecule has 148 valence electrons. The maximum atomic E-state index is 14.4. The summed E-state index contributed by atoms with van der Waals surface area (Å²) in [5.74, 6) is -8.43. The predicted octanol–water partition coefficient (Wildman–Crippen LogP) is 2.63. The molecule has 5 fully saturated rings. The Hall–Kier alpha value is -0.630. The molecule has 5 aliphatic rings. The molecule has 3 unspecified atom stereocenters. The maximum absolute atomic E-state index is 14.4. The number of hydrogen-bond acceptors (Lipinski definition) is 5. The number of halogens is 2. The first-order chi connectivity index (χ1) is 12.1. The van der Waals surface area contributed by atoms with E-state index in [9.17, 15) is 23.8 Å². The third-order valence-electron chi connectivity index (χ3n) is 7.00. The van der Waals surface area contributed by atoms with Gasteiger partial charge in [0.2, 0.25) is 11.6 Å². The van der Waals surface area contributed by atoms with Crippen molar-refractivity contribution in [1.29, 1.82) is 0 Å². The second-order valence-electron chi connectivity index (χ2n) is 9.07. The van der Waals surface area contributed by atoms with Crippen LogP contribution in [-0.4, -0.2) is 46.7 Å². The molecule has 1 aliphatic heterocycles. The summed E-state index contributed by atoms with van der Waals surface area (Å²) >= 11 is 0. The van der Waals surface area contributed by atoms with Crippen molar-refractivity contribution in [3.8, 4) is 0 Å². The van der Waals surface area contributed by atoms with Crippen LogP contribution in [0.3, 0.4) is 0 Å². The molecule has 4 aliphatic carbocycles. The Labute approximate surface area is 152 Å². The zero-order chi connectivity index (χ0) is 18.7. The second-order valence-corrected chi connectivity index (χ2v) is 9.07. The minimum absolute atomic E-state index is 0.0427. The average molecular weight is 374 g/mol. The highest BCUT2D eigenvalue weighted by molar-refractivity contribution is 5.92. The SMILES string of the molecule is CC(O)(O)C(F)(F)C(=O)C12CC3CC(C1)C(OC1CCCCO1)C(C3)C2. The fourth-order valence-electron chi connectivity index (χ4n) is 6.02. The van der Waals surface area contributed by atoms with Crippen molar-refractivity contribution >= 4 is 5.78 Å². The van der Waals surface area contributed by atoms with E-state index in [1.54, 1.807) is 0 Å². The van der Waals surface area contributed by atoms with Crippen LogP contribution in [0.4, 0.5) is 8.78 Å². The quantitative estimate of drug-likeness (QED) is 0.724. The Morgan fingerprint density at radius 1 is 1.15 bits per heavy atom. The van der Waals surface area contributed by atoms with Crippen LogP contribution in [0.1, 0.15) is 58.3 Å². The molecule has 4 bridgehead atoms. The van der Waals surface area contributed by atoms with Crippen LogP contribution in [0.25, 0.3) is 0 Å². The first-order valence-electron chi connectivity index (χ1n) is 9.77. The Morgan fingerprint density at radius 3 is 2.35 bits per heavy atom. The molecule has 5 rings (SSSR count). The Balaban J connectivity index is 1.53. The summed E-state index contributed by atoms with van der Waals surface area (Å²) in [6.07, 6.45) is 5.60. The zero-order valence-electron chi connectivity index (χ0n) is 15.1. The Bertz CT molecular complexity index is 551. The molecule has 0 radical (unpaired) electrons. The van der Waals surface area contributed by atoms with E-state index < -0.39 is 22.9 Å². The summed E-state index contributed by atoms with van der Waals surface area (Å²) in [6.45, 7) is 1.27. The summed E-state index contributed by atoms with van der Waals surface area (Å²) in [4.78, 5) is 12.7. The van der Waals surface area contributed by atoms with Gasteiger partial charge in [-0.1, -0.05) is 0 Å². The molecule has 0 aromatic carbocycles. The van der Waals surface area contributed by atoms with Crippen molar-refractivity contribution < 1.29 is 33.3 Å². The molecule has 0 aromatic rings. The van der Waals surface area contributed by atoms with Gasteiger partial charge in [-0.3, -0.25) is 4.79 Å². The van der Waals surface area contributed by atoms with Crippen LogP contribution < -0.4 is 0 Å². The van der Waals surface area contributed by atoms with E-state index in [0.29, 0.717) is 32.8 Å². The van der Waals surface area contributed by atoms with Crippen molar-refractivity contribution in [2.24, 2.45) is 23.2 Å². The van der Waals surface area contributed by atoms with E-state index in [0.717, 1.165) is 32.1 Å². The van der Waals surface area contributed by atoms with Gasteiger partial charge in [0.15, 0.2) is 6.29 Å². The monoisotopic (exact) mass is 374 g/mol. The lowest BCUT2D eigenvalue weighted by atomic mass is 9.47. The molecule has 2 N–H and O–H groups in total.